The second kappa shape index (κ2) is 12.7. The predicted molar refractivity (Wildman–Crippen MR) is 84.0 cm³/mol. The van der Waals surface area contributed by atoms with E-state index in [-0.39, 0.29) is 24.1 Å². The summed E-state index contributed by atoms with van der Waals surface area (Å²) in [6.45, 7) is 7.92. The number of hydrogen-bond acceptors (Lipinski definition) is 4. The van der Waals surface area contributed by atoms with Gasteiger partial charge in [0.25, 0.3) is 0 Å². The van der Waals surface area contributed by atoms with Crippen molar-refractivity contribution in [2.24, 2.45) is 0 Å². The van der Waals surface area contributed by atoms with E-state index in [9.17, 15) is 9.59 Å². The molecule has 21 heavy (non-hydrogen) atoms. The van der Waals surface area contributed by atoms with Gasteiger partial charge in [-0.15, -0.1) is 0 Å². The van der Waals surface area contributed by atoms with Gasteiger partial charge < -0.3 is 9.47 Å². The highest BCUT2D eigenvalue weighted by Crippen LogP contribution is 2.13. The molecule has 0 aliphatic heterocycles. The highest BCUT2D eigenvalue weighted by Gasteiger charge is 2.13. The summed E-state index contributed by atoms with van der Waals surface area (Å²) in [4.78, 5) is 22.8. The largest absolute Gasteiger partial charge is 0.463 e. The Kier molecular flexibility index (Phi) is 12.0. The topological polar surface area (TPSA) is 52.6 Å². The maximum Gasteiger partial charge on any atom is 0.306 e. The van der Waals surface area contributed by atoms with E-state index in [0.717, 1.165) is 44.9 Å². The second-order valence-corrected chi connectivity index (χ2v) is 5.61. The van der Waals surface area contributed by atoms with Gasteiger partial charge >= 0.3 is 11.9 Å². The van der Waals surface area contributed by atoms with E-state index >= 15 is 0 Å². The normalized spacial score (nSPS) is 13.5. The zero-order valence-electron chi connectivity index (χ0n) is 14.2. The molecule has 0 saturated carbocycles. The minimum Gasteiger partial charge on any atom is -0.463 e. The first kappa shape index (κ1) is 19.9. The van der Waals surface area contributed by atoms with Gasteiger partial charge in [-0.1, -0.05) is 20.8 Å². The lowest BCUT2D eigenvalue weighted by molar-refractivity contribution is -0.150. The molecule has 0 spiro atoms. The Balaban J connectivity index is 3.75. The van der Waals surface area contributed by atoms with Crippen molar-refractivity contribution in [2.45, 2.75) is 97.7 Å². The molecule has 0 aromatic rings. The molecule has 0 aromatic carbocycles. The van der Waals surface area contributed by atoms with Crippen LogP contribution in [0.5, 0.6) is 0 Å². The highest BCUT2D eigenvalue weighted by molar-refractivity contribution is 5.69. The third-order valence-electron chi connectivity index (χ3n) is 3.38. The molecule has 0 saturated heterocycles. The molecule has 2 atom stereocenters. The third kappa shape index (κ3) is 11.3. The quantitative estimate of drug-likeness (QED) is 0.396. The van der Waals surface area contributed by atoms with E-state index in [0.29, 0.717) is 12.8 Å². The average Bonchev–Trinajstić information content (AvgIpc) is 2.42. The molecule has 0 heterocycles. The van der Waals surface area contributed by atoms with E-state index in [2.05, 4.69) is 0 Å². The fourth-order valence-electron chi connectivity index (χ4n) is 2.15. The number of unbranched alkanes of at least 4 members (excludes halogenated alkanes) is 1. The van der Waals surface area contributed by atoms with Crippen LogP contribution in [-0.4, -0.2) is 24.1 Å². The van der Waals surface area contributed by atoms with Gasteiger partial charge in [0.1, 0.15) is 6.10 Å². The minimum absolute atomic E-state index is 0.0215. The molecule has 0 unspecified atom stereocenters. The number of carbonyl (C=O) groups excluding carboxylic acids is 2. The second-order valence-electron chi connectivity index (χ2n) is 5.61. The van der Waals surface area contributed by atoms with Gasteiger partial charge in [-0.25, -0.2) is 0 Å². The molecule has 0 fully saturated rings. The predicted octanol–water partition coefficient (Wildman–Crippen LogP) is 4.40. The summed E-state index contributed by atoms with van der Waals surface area (Å²) < 4.78 is 10.7. The van der Waals surface area contributed by atoms with Gasteiger partial charge in [0, 0.05) is 12.8 Å². The van der Waals surface area contributed by atoms with Gasteiger partial charge in [0.2, 0.25) is 0 Å². The van der Waals surface area contributed by atoms with Crippen molar-refractivity contribution in [3.8, 4) is 0 Å². The van der Waals surface area contributed by atoms with Gasteiger partial charge in [0.05, 0.1) is 6.10 Å². The van der Waals surface area contributed by atoms with Crippen LogP contribution in [0.3, 0.4) is 0 Å². The molecule has 0 radical (unpaired) electrons. The summed E-state index contributed by atoms with van der Waals surface area (Å²) in [5.41, 5.74) is 0. The van der Waals surface area contributed by atoms with Crippen LogP contribution in [0.15, 0.2) is 0 Å². The maximum absolute atomic E-state index is 11.5. The Hall–Kier alpha value is -1.06. The highest BCUT2D eigenvalue weighted by atomic mass is 16.5. The molecule has 0 aliphatic carbocycles. The van der Waals surface area contributed by atoms with Gasteiger partial charge in [-0.3, -0.25) is 9.59 Å². The molecule has 0 amide bonds. The molecule has 0 bridgehead atoms. The lowest BCUT2D eigenvalue weighted by atomic mass is 10.1. The van der Waals surface area contributed by atoms with Crippen LogP contribution >= 0.6 is 0 Å². The number of rotatable bonds is 12. The number of esters is 2. The molecule has 0 N–H and O–H groups in total. The van der Waals surface area contributed by atoms with E-state index in [1.807, 2.05) is 27.7 Å². The van der Waals surface area contributed by atoms with Crippen LogP contribution in [0.25, 0.3) is 0 Å². The van der Waals surface area contributed by atoms with Crippen LogP contribution in [0.2, 0.25) is 0 Å². The molecule has 0 rings (SSSR count). The fraction of sp³-hybridized carbons (Fsp3) is 0.882. The SMILES string of the molecule is CCCC(=O)O[C@H](CC)CCCC[C@@H](C)OC(=O)CCC. The minimum atomic E-state index is -0.107. The Morgan fingerprint density at radius 2 is 1.38 bits per heavy atom. The van der Waals surface area contributed by atoms with Crippen molar-refractivity contribution in [3.63, 3.8) is 0 Å². The van der Waals surface area contributed by atoms with Crippen molar-refractivity contribution < 1.29 is 19.1 Å². The number of hydrogen-bond donors (Lipinski definition) is 0. The van der Waals surface area contributed by atoms with Crippen molar-refractivity contribution in [1.29, 1.82) is 0 Å². The molecule has 4 heteroatoms. The molecular weight excluding hydrogens is 268 g/mol. The fourth-order valence-corrected chi connectivity index (χ4v) is 2.15. The smallest absolute Gasteiger partial charge is 0.306 e. The van der Waals surface area contributed by atoms with Crippen LogP contribution in [0.4, 0.5) is 0 Å². The Bertz CT molecular complexity index is 289. The van der Waals surface area contributed by atoms with E-state index < -0.39 is 0 Å². The van der Waals surface area contributed by atoms with Crippen LogP contribution < -0.4 is 0 Å². The summed E-state index contributed by atoms with van der Waals surface area (Å²) in [7, 11) is 0. The lowest BCUT2D eigenvalue weighted by Gasteiger charge is -2.17. The van der Waals surface area contributed by atoms with Crippen molar-refractivity contribution in [2.75, 3.05) is 0 Å². The zero-order valence-corrected chi connectivity index (χ0v) is 14.2. The van der Waals surface area contributed by atoms with Crippen LogP contribution in [0, 0.1) is 0 Å². The maximum atomic E-state index is 11.5. The van der Waals surface area contributed by atoms with Gasteiger partial charge in [-0.05, 0) is 51.9 Å². The Morgan fingerprint density at radius 1 is 0.857 bits per heavy atom. The Labute approximate surface area is 129 Å². The lowest BCUT2D eigenvalue weighted by Crippen LogP contribution is -2.18. The Morgan fingerprint density at radius 3 is 1.90 bits per heavy atom. The first-order valence-electron chi connectivity index (χ1n) is 8.42. The number of ether oxygens (including phenoxy) is 2. The monoisotopic (exact) mass is 300 g/mol. The average molecular weight is 300 g/mol. The van der Waals surface area contributed by atoms with Crippen molar-refractivity contribution in [3.05, 3.63) is 0 Å². The van der Waals surface area contributed by atoms with E-state index in [1.165, 1.54) is 0 Å². The van der Waals surface area contributed by atoms with Crippen molar-refractivity contribution >= 4 is 11.9 Å². The van der Waals surface area contributed by atoms with Gasteiger partial charge in [-0.2, -0.15) is 0 Å². The summed E-state index contributed by atoms with van der Waals surface area (Å²) in [6.07, 6.45) is 7.26. The molecular formula is C17H32O4. The summed E-state index contributed by atoms with van der Waals surface area (Å²) in [6, 6.07) is 0. The van der Waals surface area contributed by atoms with Crippen molar-refractivity contribution in [1.82, 2.24) is 0 Å². The molecule has 4 nitrogen and oxygen atoms in total. The van der Waals surface area contributed by atoms with Crippen LogP contribution in [0.1, 0.15) is 85.5 Å². The molecule has 124 valence electrons. The first-order valence-corrected chi connectivity index (χ1v) is 8.42. The summed E-state index contributed by atoms with van der Waals surface area (Å²) >= 11 is 0. The van der Waals surface area contributed by atoms with Gasteiger partial charge in [0.15, 0.2) is 0 Å². The summed E-state index contributed by atoms with van der Waals surface area (Å²) in [5.74, 6) is -0.198. The zero-order chi connectivity index (χ0) is 16.1. The van der Waals surface area contributed by atoms with E-state index in [4.69, 9.17) is 9.47 Å². The third-order valence-corrected chi connectivity index (χ3v) is 3.38. The molecule has 0 aromatic heterocycles. The van der Waals surface area contributed by atoms with E-state index in [1.54, 1.807) is 0 Å². The first-order chi connectivity index (χ1) is 10.0. The summed E-state index contributed by atoms with van der Waals surface area (Å²) in [5, 5.41) is 0. The van der Waals surface area contributed by atoms with Crippen LogP contribution in [-0.2, 0) is 19.1 Å². The number of carbonyl (C=O) groups is 2. The standard InChI is InChI=1S/C17H32O4/c1-5-10-16(18)20-14(4)12-8-9-13-15(7-3)21-17(19)11-6-2/h14-15H,5-13H2,1-4H3/t14-,15-/m1/s1. The molecule has 0 aliphatic rings.